The fourth-order valence-corrected chi connectivity index (χ4v) is 4.44. The number of nitrogens with zero attached hydrogens (tertiary/aromatic N) is 2. The van der Waals surface area contributed by atoms with E-state index in [1.807, 2.05) is 25.1 Å². The number of rotatable bonds is 6. The molecule has 0 radical (unpaired) electrons. The van der Waals surface area contributed by atoms with E-state index in [2.05, 4.69) is 23.3 Å². The second-order valence-electron chi connectivity index (χ2n) is 7.01. The van der Waals surface area contributed by atoms with E-state index >= 15 is 0 Å². The quantitative estimate of drug-likeness (QED) is 0.840. The Morgan fingerprint density at radius 2 is 2.15 bits per heavy atom. The third-order valence-electron chi connectivity index (χ3n) is 4.90. The lowest BCUT2D eigenvalue weighted by Gasteiger charge is -2.35. The molecule has 6 heteroatoms. The summed E-state index contributed by atoms with van der Waals surface area (Å²) in [6.07, 6.45) is 4.09. The largest absolute Gasteiger partial charge is 0.354 e. The van der Waals surface area contributed by atoms with Crippen molar-refractivity contribution in [3.05, 3.63) is 29.3 Å². The highest BCUT2D eigenvalue weighted by atomic mass is 32.1. The van der Waals surface area contributed by atoms with Crippen molar-refractivity contribution in [2.24, 2.45) is 0 Å². The van der Waals surface area contributed by atoms with Crippen LogP contribution < -0.4 is 5.32 Å². The molecule has 2 heterocycles. The van der Waals surface area contributed by atoms with Crippen molar-refractivity contribution in [2.45, 2.75) is 57.9 Å². The summed E-state index contributed by atoms with van der Waals surface area (Å²) in [5.41, 5.74) is 1.01. The number of carbonyl (C=O) groups is 2. The molecule has 1 aliphatic heterocycles. The average molecular weight is 374 g/mol. The van der Waals surface area contributed by atoms with Crippen LogP contribution in [0.4, 0.5) is 0 Å². The molecule has 26 heavy (non-hydrogen) atoms. The van der Waals surface area contributed by atoms with Crippen LogP contribution in [0.2, 0.25) is 0 Å². The van der Waals surface area contributed by atoms with Gasteiger partial charge in [0.15, 0.2) is 0 Å². The molecule has 1 fully saturated rings. The Balaban J connectivity index is 1.60. The van der Waals surface area contributed by atoms with Gasteiger partial charge in [-0.1, -0.05) is 26.0 Å². The van der Waals surface area contributed by atoms with Crippen LogP contribution in [0.25, 0.3) is 10.2 Å². The average Bonchev–Trinajstić information content (AvgIpc) is 3.10. The zero-order chi connectivity index (χ0) is 18.5. The zero-order valence-corrected chi connectivity index (χ0v) is 16.3. The van der Waals surface area contributed by atoms with Gasteiger partial charge in [-0.15, -0.1) is 11.3 Å². The fourth-order valence-electron chi connectivity index (χ4n) is 3.42. The van der Waals surface area contributed by atoms with Gasteiger partial charge in [-0.3, -0.25) is 9.59 Å². The SMILES string of the molecule is CCCC(=O)N1CCCCC1C(=O)NCC(C)c1nc2ccccc2s1. The van der Waals surface area contributed by atoms with Gasteiger partial charge in [0, 0.05) is 25.4 Å². The van der Waals surface area contributed by atoms with Crippen molar-refractivity contribution in [2.75, 3.05) is 13.1 Å². The van der Waals surface area contributed by atoms with Gasteiger partial charge in [0.1, 0.15) is 6.04 Å². The highest BCUT2D eigenvalue weighted by Crippen LogP contribution is 2.27. The first-order valence-electron chi connectivity index (χ1n) is 9.52. The molecule has 1 aromatic carbocycles. The topological polar surface area (TPSA) is 62.3 Å². The molecular weight excluding hydrogens is 346 g/mol. The summed E-state index contributed by atoms with van der Waals surface area (Å²) in [7, 11) is 0. The van der Waals surface area contributed by atoms with Crippen molar-refractivity contribution >= 4 is 33.4 Å². The number of hydrogen-bond acceptors (Lipinski definition) is 4. The number of carbonyl (C=O) groups excluding carboxylic acids is 2. The molecule has 5 nitrogen and oxygen atoms in total. The monoisotopic (exact) mass is 373 g/mol. The number of hydrogen-bond donors (Lipinski definition) is 1. The van der Waals surface area contributed by atoms with E-state index in [-0.39, 0.29) is 23.8 Å². The van der Waals surface area contributed by atoms with E-state index < -0.39 is 0 Å². The van der Waals surface area contributed by atoms with Gasteiger partial charge in [-0.25, -0.2) is 4.98 Å². The Kier molecular flexibility index (Phi) is 6.25. The molecule has 3 rings (SSSR count). The molecule has 2 aromatic rings. The van der Waals surface area contributed by atoms with E-state index in [9.17, 15) is 9.59 Å². The third-order valence-corrected chi connectivity index (χ3v) is 6.17. The summed E-state index contributed by atoms with van der Waals surface area (Å²) in [5.74, 6) is 0.230. The minimum absolute atomic E-state index is 0.0258. The second kappa shape index (κ2) is 8.62. The van der Waals surface area contributed by atoms with Gasteiger partial charge in [0.05, 0.1) is 15.2 Å². The maximum Gasteiger partial charge on any atom is 0.242 e. The van der Waals surface area contributed by atoms with Crippen LogP contribution >= 0.6 is 11.3 Å². The number of nitrogens with one attached hydrogen (secondary N) is 1. The zero-order valence-electron chi connectivity index (χ0n) is 15.5. The Labute approximate surface area is 158 Å². The van der Waals surface area contributed by atoms with Crippen molar-refractivity contribution in [1.29, 1.82) is 0 Å². The maximum absolute atomic E-state index is 12.7. The van der Waals surface area contributed by atoms with E-state index in [4.69, 9.17) is 0 Å². The molecule has 0 aliphatic carbocycles. The lowest BCUT2D eigenvalue weighted by Crippen LogP contribution is -2.52. The summed E-state index contributed by atoms with van der Waals surface area (Å²) in [6, 6.07) is 7.77. The van der Waals surface area contributed by atoms with E-state index in [1.54, 1.807) is 16.2 Å². The second-order valence-corrected chi connectivity index (χ2v) is 8.08. The molecule has 0 spiro atoms. The van der Waals surface area contributed by atoms with Crippen LogP contribution in [-0.2, 0) is 9.59 Å². The Morgan fingerprint density at radius 1 is 1.35 bits per heavy atom. The Hall–Kier alpha value is -1.95. The number of amides is 2. The van der Waals surface area contributed by atoms with Crippen molar-refractivity contribution in [3.63, 3.8) is 0 Å². The molecule has 2 unspecified atom stereocenters. The van der Waals surface area contributed by atoms with Crippen molar-refractivity contribution in [1.82, 2.24) is 15.2 Å². The first kappa shape index (κ1) is 18.8. The molecule has 0 bridgehead atoms. The molecule has 0 saturated carbocycles. The Bertz CT molecular complexity index is 740. The lowest BCUT2D eigenvalue weighted by molar-refractivity contribution is -0.142. The predicted molar refractivity (Wildman–Crippen MR) is 105 cm³/mol. The first-order chi connectivity index (χ1) is 12.6. The minimum Gasteiger partial charge on any atom is -0.354 e. The van der Waals surface area contributed by atoms with Crippen molar-refractivity contribution < 1.29 is 9.59 Å². The molecule has 1 N–H and O–H groups in total. The number of fused-ring (bicyclic) bond motifs is 1. The highest BCUT2D eigenvalue weighted by Gasteiger charge is 2.31. The number of piperidine rings is 1. The lowest BCUT2D eigenvalue weighted by atomic mass is 10.0. The van der Waals surface area contributed by atoms with Crippen LogP contribution in [0.15, 0.2) is 24.3 Å². The molecule has 1 aromatic heterocycles. The van der Waals surface area contributed by atoms with Gasteiger partial charge in [-0.05, 0) is 37.8 Å². The molecule has 2 atom stereocenters. The van der Waals surface area contributed by atoms with Gasteiger partial charge >= 0.3 is 0 Å². The number of likely N-dealkylation sites (tertiary alicyclic amines) is 1. The van der Waals surface area contributed by atoms with Crippen molar-refractivity contribution in [3.8, 4) is 0 Å². The van der Waals surface area contributed by atoms with Crippen LogP contribution in [-0.4, -0.2) is 40.8 Å². The summed E-state index contributed by atoms with van der Waals surface area (Å²) in [5, 5.41) is 4.09. The van der Waals surface area contributed by atoms with Crippen LogP contribution in [0.3, 0.4) is 0 Å². The molecule has 1 aliphatic rings. The van der Waals surface area contributed by atoms with E-state index in [1.165, 1.54) is 4.70 Å². The van der Waals surface area contributed by atoms with E-state index in [0.29, 0.717) is 19.5 Å². The number of thiazole rings is 1. The molecule has 2 amide bonds. The smallest absolute Gasteiger partial charge is 0.242 e. The number of aromatic nitrogens is 1. The third kappa shape index (κ3) is 4.23. The molecule has 140 valence electrons. The fraction of sp³-hybridized carbons (Fsp3) is 0.550. The summed E-state index contributed by atoms with van der Waals surface area (Å²) in [6.45, 7) is 5.32. The molecule has 1 saturated heterocycles. The molecular formula is C20H27N3O2S. The van der Waals surface area contributed by atoms with Crippen LogP contribution in [0, 0.1) is 0 Å². The van der Waals surface area contributed by atoms with Gasteiger partial charge in [0.25, 0.3) is 0 Å². The van der Waals surface area contributed by atoms with Gasteiger partial charge in [0.2, 0.25) is 11.8 Å². The predicted octanol–water partition coefficient (Wildman–Crippen LogP) is 3.70. The van der Waals surface area contributed by atoms with Crippen LogP contribution in [0.5, 0.6) is 0 Å². The van der Waals surface area contributed by atoms with Gasteiger partial charge in [-0.2, -0.15) is 0 Å². The van der Waals surface area contributed by atoms with Gasteiger partial charge < -0.3 is 10.2 Å². The first-order valence-corrected chi connectivity index (χ1v) is 10.3. The summed E-state index contributed by atoms with van der Waals surface area (Å²) < 4.78 is 1.17. The minimum atomic E-state index is -0.314. The standard InChI is InChI=1S/C20H27N3O2S/c1-3-8-18(24)23-12-7-6-10-16(23)19(25)21-13-14(2)20-22-15-9-4-5-11-17(15)26-20/h4-5,9,11,14,16H,3,6-8,10,12-13H2,1-2H3,(H,21,25). The summed E-state index contributed by atoms with van der Waals surface area (Å²) in [4.78, 5) is 31.5. The van der Waals surface area contributed by atoms with E-state index in [0.717, 1.165) is 36.2 Å². The number of benzene rings is 1. The Morgan fingerprint density at radius 3 is 2.92 bits per heavy atom. The number of para-hydroxylation sites is 1. The maximum atomic E-state index is 12.7. The van der Waals surface area contributed by atoms with Crippen LogP contribution in [0.1, 0.15) is 56.9 Å². The normalized spacial score (nSPS) is 18.7. The highest BCUT2D eigenvalue weighted by molar-refractivity contribution is 7.18. The summed E-state index contributed by atoms with van der Waals surface area (Å²) >= 11 is 1.68.